The summed E-state index contributed by atoms with van der Waals surface area (Å²) < 4.78 is 4.75. The number of benzene rings is 2. The fourth-order valence-electron chi connectivity index (χ4n) is 3.01. The highest BCUT2D eigenvalue weighted by Crippen LogP contribution is 2.23. The molecular weight excluding hydrogens is 374 g/mol. The Balaban J connectivity index is 2.19. The molecule has 0 radical (unpaired) electrons. The van der Waals surface area contributed by atoms with E-state index in [9.17, 15) is 19.8 Å². The van der Waals surface area contributed by atoms with Crippen molar-refractivity contribution in [2.45, 2.75) is 38.5 Å². The molecule has 0 aliphatic rings. The molecule has 7 heteroatoms. The highest BCUT2D eigenvalue weighted by atomic mass is 16.5. The maximum absolute atomic E-state index is 11.9. The highest BCUT2D eigenvalue weighted by molar-refractivity contribution is 5.78. The van der Waals surface area contributed by atoms with Crippen molar-refractivity contribution in [2.75, 3.05) is 13.7 Å². The second kappa shape index (κ2) is 10.2. The van der Waals surface area contributed by atoms with Crippen LogP contribution in [-0.2, 0) is 20.7 Å². The summed E-state index contributed by atoms with van der Waals surface area (Å²) in [5.41, 5.74) is 5.27. The Labute approximate surface area is 170 Å². The fourth-order valence-corrected chi connectivity index (χ4v) is 3.01. The minimum Gasteiger partial charge on any atom is -0.479 e. The molecule has 0 aliphatic heterocycles. The zero-order valence-electron chi connectivity index (χ0n) is 16.8. The number of ether oxygens (including phenoxy) is 1. The number of aliphatic carboxylic acids is 1. The Kier molecular flexibility index (Phi) is 7.90. The van der Waals surface area contributed by atoms with Gasteiger partial charge >= 0.3 is 5.97 Å². The van der Waals surface area contributed by atoms with Gasteiger partial charge in [-0.3, -0.25) is 4.79 Å². The van der Waals surface area contributed by atoms with E-state index in [1.165, 1.54) is 18.2 Å². The molecule has 4 N–H and O–H groups in total. The Morgan fingerprint density at radius 2 is 1.62 bits per heavy atom. The van der Waals surface area contributed by atoms with Gasteiger partial charge in [-0.2, -0.15) is 0 Å². The Bertz CT molecular complexity index is 849. The van der Waals surface area contributed by atoms with E-state index in [1.54, 1.807) is 0 Å². The van der Waals surface area contributed by atoms with E-state index in [2.05, 4.69) is 31.3 Å². The third kappa shape index (κ3) is 6.12. The zero-order chi connectivity index (χ0) is 21.6. The largest absolute Gasteiger partial charge is 0.479 e. The summed E-state index contributed by atoms with van der Waals surface area (Å²) in [5.74, 6) is -2.07. The number of methoxy groups -OCH3 is 1. The molecule has 0 heterocycles. The van der Waals surface area contributed by atoms with E-state index in [0.717, 1.165) is 16.7 Å². The van der Waals surface area contributed by atoms with E-state index in [-0.39, 0.29) is 13.0 Å². The number of amides is 1. The first-order chi connectivity index (χ1) is 13.7. The van der Waals surface area contributed by atoms with E-state index in [4.69, 9.17) is 9.84 Å². The SMILES string of the molecule is COCC(=O)N[C@@H](Cc1ccc(-c2ccc(C)c(C)c2)cc1)[C@H](O)[C@@H](O)C(=O)O. The minimum atomic E-state index is -2.02. The van der Waals surface area contributed by atoms with Gasteiger partial charge in [0.05, 0.1) is 6.04 Å². The summed E-state index contributed by atoms with van der Waals surface area (Å²) in [6, 6.07) is 12.8. The van der Waals surface area contributed by atoms with Gasteiger partial charge in [0.25, 0.3) is 0 Å². The highest BCUT2D eigenvalue weighted by Gasteiger charge is 2.32. The van der Waals surface area contributed by atoms with Crippen molar-refractivity contribution in [1.82, 2.24) is 5.32 Å². The summed E-state index contributed by atoms with van der Waals surface area (Å²) in [7, 11) is 1.35. The molecule has 2 aromatic carbocycles. The van der Waals surface area contributed by atoms with Crippen LogP contribution in [0, 0.1) is 13.8 Å². The smallest absolute Gasteiger partial charge is 0.335 e. The van der Waals surface area contributed by atoms with Crippen LogP contribution < -0.4 is 5.32 Å². The molecular formula is C22H27NO6. The second-order valence-electron chi connectivity index (χ2n) is 7.08. The Morgan fingerprint density at radius 1 is 1.00 bits per heavy atom. The van der Waals surface area contributed by atoms with Gasteiger partial charge in [0.2, 0.25) is 5.91 Å². The number of carbonyl (C=O) groups is 2. The van der Waals surface area contributed by atoms with Gasteiger partial charge in [0, 0.05) is 7.11 Å². The van der Waals surface area contributed by atoms with Crippen LogP contribution in [0.1, 0.15) is 16.7 Å². The summed E-state index contributed by atoms with van der Waals surface area (Å²) >= 11 is 0. The molecule has 3 atom stereocenters. The quantitative estimate of drug-likeness (QED) is 0.505. The zero-order valence-corrected chi connectivity index (χ0v) is 16.8. The van der Waals surface area contributed by atoms with Gasteiger partial charge < -0.3 is 25.4 Å². The number of nitrogens with one attached hydrogen (secondary N) is 1. The molecule has 0 saturated heterocycles. The van der Waals surface area contributed by atoms with Crippen molar-refractivity contribution in [3.63, 3.8) is 0 Å². The van der Waals surface area contributed by atoms with Crippen LogP contribution in [0.15, 0.2) is 42.5 Å². The molecule has 0 aromatic heterocycles. The molecule has 0 aliphatic carbocycles. The Hall–Kier alpha value is -2.74. The Morgan fingerprint density at radius 3 is 2.17 bits per heavy atom. The minimum absolute atomic E-state index is 0.147. The van der Waals surface area contributed by atoms with Crippen molar-refractivity contribution in [1.29, 1.82) is 0 Å². The van der Waals surface area contributed by atoms with Gasteiger partial charge in [-0.1, -0.05) is 42.5 Å². The predicted molar refractivity (Wildman–Crippen MR) is 109 cm³/mol. The second-order valence-corrected chi connectivity index (χ2v) is 7.08. The van der Waals surface area contributed by atoms with Gasteiger partial charge in [0.15, 0.2) is 6.10 Å². The molecule has 1 amide bonds. The monoisotopic (exact) mass is 401 g/mol. The third-order valence-corrected chi connectivity index (χ3v) is 4.86. The molecule has 29 heavy (non-hydrogen) atoms. The first-order valence-corrected chi connectivity index (χ1v) is 9.26. The van der Waals surface area contributed by atoms with Crippen LogP contribution in [-0.4, -0.2) is 59.2 Å². The molecule has 0 saturated carbocycles. The fraction of sp³-hybridized carbons (Fsp3) is 0.364. The number of aliphatic hydroxyl groups is 2. The molecule has 0 fully saturated rings. The lowest BCUT2D eigenvalue weighted by Gasteiger charge is -2.26. The number of aryl methyl sites for hydroxylation is 2. The molecule has 0 unspecified atom stereocenters. The summed E-state index contributed by atoms with van der Waals surface area (Å²) in [4.78, 5) is 22.9. The van der Waals surface area contributed by atoms with Crippen molar-refractivity contribution >= 4 is 11.9 Å². The number of carboxylic acids is 1. The number of carbonyl (C=O) groups excluding carboxylic acids is 1. The molecule has 2 rings (SSSR count). The normalized spacial score (nSPS) is 14.1. The molecule has 7 nitrogen and oxygen atoms in total. The average Bonchev–Trinajstić information content (AvgIpc) is 2.69. The number of aliphatic hydroxyl groups excluding tert-OH is 2. The third-order valence-electron chi connectivity index (χ3n) is 4.86. The molecule has 0 bridgehead atoms. The predicted octanol–water partition coefficient (Wildman–Crippen LogP) is 1.45. The molecule has 0 spiro atoms. The van der Waals surface area contributed by atoms with Crippen LogP contribution in [0.25, 0.3) is 11.1 Å². The van der Waals surface area contributed by atoms with E-state index in [0.29, 0.717) is 0 Å². The van der Waals surface area contributed by atoms with E-state index >= 15 is 0 Å². The molecule has 156 valence electrons. The van der Waals surface area contributed by atoms with E-state index in [1.807, 2.05) is 30.3 Å². The van der Waals surface area contributed by atoms with Gasteiger partial charge in [-0.15, -0.1) is 0 Å². The van der Waals surface area contributed by atoms with Crippen LogP contribution in [0.2, 0.25) is 0 Å². The first-order valence-electron chi connectivity index (χ1n) is 9.26. The number of carboxylic acid groups (broad SMARTS) is 1. The van der Waals surface area contributed by atoms with Crippen molar-refractivity contribution in [2.24, 2.45) is 0 Å². The number of hydrogen-bond donors (Lipinski definition) is 4. The van der Waals surface area contributed by atoms with Crippen molar-refractivity contribution in [3.8, 4) is 11.1 Å². The number of hydrogen-bond acceptors (Lipinski definition) is 5. The first kappa shape index (κ1) is 22.5. The van der Waals surface area contributed by atoms with Crippen LogP contribution >= 0.6 is 0 Å². The van der Waals surface area contributed by atoms with Crippen LogP contribution in [0.3, 0.4) is 0 Å². The van der Waals surface area contributed by atoms with Gasteiger partial charge in [-0.05, 0) is 48.1 Å². The topological polar surface area (TPSA) is 116 Å². The molecule has 2 aromatic rings. The lowest BCUT2D eigenvalue weighted by molar-refractivity contribution is -0.154. The standard InChI is InChI=1S/C22H27NO6/c1-13-4-7-17(10-14(13)2)16-8-5-15(6-9-16)11-18(23-19(24)12-29-3)20(25)21(26)22(27)28/h4-10,18,20-21,25-26H,11-12H2,1-3H3,(H,23,24)(H,27,28)/t18-,20-,21+/m0/s1. The lowest BCUT2D eigenvalue weighted by Crippen LogP contribution is -2.52. The summed E-state index contributed by atoms with van der Waals surface area (Å²) in [6.45, 7) is 3.87. The van der Waals surface area contributed by atoms with Crippen molar-refractivity contribution in [3.05, 3.63) is 59.2 Å². The van der Waals surface area contributed by atoms with Crippen molar-refractivity contribution < 1.29 is 29.6 Å². The van der Waals surface area contributed by atoms with Crippen LogP contribution in [0.5, 0.6) is 0 Å². The average molecular weight is 401 g/mol. The van der Waals surface area contributed by atoms with E-state index < -0.39 is 30.1 Å². The lowest BCUT2D eigenvalue weighted by atomic mass is 9.95. The maximum atomic E-state index is 11.9. The number of rotatable bonds is 9. The van der Waals surface area contributed by atoms with Crippen LogP contribution in [0.4, 0.5) is 0 Å². The van der Waals surface area contributed by atoms with Gasteiger partial charge in [-0.25, -0.2) is 4.79 Å². The summed E-state index contributed by atoms with van der Waals surface area (Å²) in [6.07, 6.45) is -3.54. The maximum Gasteiger partial charge on any atom is 0.335 e. The summed E-state index contributed by atoms with van der Waals surface area (Å²) in [5, 5.41) is 31.4. The van der Waals surface area contributed by atoms with Gasteiger partial charge in [0.1, 0.15) is 12.7 Å².